The molecule has 0 heterocycles. The Hall–Kier alpha value is -2.33. The smallest absolute Gasteiger partial charge is 0.251 e. The lowest BCUT2D eigenvalue weighted by molar-refractivity contribution is 0.000177. The van der Waals surface area contributed by atoms with E-state index in [-0.39, 0.29) is 11.5 Å². The maximum Gasteiger partial charge on any atom is 0.251 e. The molecule has 1 N–H and O–H groups in total. The van der Waals surface area contributed by atoms with E-state index in [1.807, 2.05) is 43.3 Å². The second-order valence-corrected chi connectivity index (χ2v) is 6.64. The third-order valence-electron chi connectivity index (χ3n) is 4.77. The average molecular weight is 324 g/mol. The zero-order valence-corrected chi connectivity index (χ0v) is 14.5. The Balaban J connectivity index is 1.69. The number of hydrogen-bond donors (Lipinski definition) is 1. The van der Waals surface area contributed by atoms with Crippen LogP contribution in [0.4, 0.5) is 5.69 Å². The fourth-order valence-corrected chi connectivity index (χ4v) is 3.27. The van der Waals surface area contributed by atoms with Gasteiger partial charge in [0.25, 0.3) is 5.91 Å². The lowest BCUT2D eigenvalue weighted by atomic mass is 10.00. The number of methoxy groups -OCH3 is 1. The standard InChI is InChI=1S/C20H24N2O2/c1-22(2)18-10-6-9-15(11-18)19(23)21-14-20(24-3)12-16-7-4-5-8-17(16)13-20/h4-11H,12-14H2,1-3H3,(H,21,23). The van der Waals surface area contributed by atoms with Crippen LogP contribution in [0.5, 0.6) is 0 Å². The van der Waals surface area contributed by atoms with Gasteiger partial charge in [0.15, 0.2) is 0 Å². The molecule has 0 bridgehead atoms. The lowest BCUT2D eigenvalue weighted by Gasteiger charge is -2.27. The molecule has 24 heavy (non-hydrogen) atoms. The molecule has 1 aliphatic rings. The first kappa shape index (κ1) is 16.5. The van der Waals surface area contributed by atoms with Crippen LogP contribution in [0.2, 0.25) is 0 Å². The topological polar surface area (TPSA) is 41.6 Å². The zero-order chi connectivity index (χ0) is 17.2. The summed E-state index contributed by atoms with van der Waals surface area (Å²) in [6, 6.07) is 16.0. The molecule has 4 heteroatoms. The molecule has 0 aliphatic heterocycles. The van der Waals surface area contributed by atoms with Gasteiger partial charge in [0.05, 0.1) is 5.60 Å². The maximum atomic E-state index is 12.5. The summed E-state index contributed by atoms with van der Waals surface area (Å²) < 4.78 is 5.81. The van der Waals surface area contributed by atoms with Crippen molar-refractivity contribution >= 4 is 11.6 Å². The highest BCUT2D eigenvalue weighted by Crippen LogP contribution is 2.32. The van der Waals surface area contributed by atoms with Gasteiger partial charge in [-0.1, -0.05) is 30.3 Å². The molecular weight excluding hydrogens is 300 g/mol. The minimum absolute atomic E-state index is 0.0638. The van der Waals surface area contributed by atoms with E-state index < -0.39 is 0 Å². The van der Waals surface area contributed by atoms with Crippen molar-refractivity contribution in [2.24, 2.45) is 0 Å². The van der Waals surface area contributed by atoms with Crippen molar-refractivity contribution in [3.05, 3.63) is 65.2 Å². The van der Waals surface area contributed by atoms with E-state index in [0.29, 0.717) is 12.1 Å². The molecule has 1 amide bonds. The predicted octanol–water partition coefficient (Wildman–Crippen LogP) is 2.67. The van der Waals surface area contributed by atoms with Gasteiger partial charge >= 0.3 is 0 Å². The first-order valence-electron chi connectivity index (χ1n) is 8.20. The Morgan fingerprint density at radius 2 is 1.79 bits per heavy atom. The third kappa shape index (κ3) is 3.29. The van der Waals surface area contributed by atoms with Crippen molar-refractivity contribution < 1.29 is 9.53 Å². The molecule has 126 valence electrons. The number of carbonyl (C=O) groups excluding carboxylic acids is 1. The Morgan fingerprint density at radius 1 is 1.12 bits per heavy atom. The van der Waals surface area contributed by atoms with Gasteiger partial charge in [-0.2, -0.15) is 0 Å². The van der Waals surface area contributed by atoms with E-state index in [9.17, 15) is 4.79 Å². The maximum absolute atomic E-state index is 12.5. The molecule has 4 nitrogen and oxygen atoms in total. The van der Waals surface area contributed by atoms with E-state index in [1.54, 1.807) is 7.11 Å². The minimum Gasteiger partial charge on any atom is -0.378 e. The van der Waals surface area contributed by atoms with Crippen LogP contribution in [0.1, 0.15) is 21.5 Å². The monoisotopic (exact) mass is 324 g/mol. The van der Waals surface area contributed by atoms with Crippen LogP contribution in [0.25, 0.3) is 0 Å². The Bertz CT molecular complexity index is 715. The molecule has 0 radical (unpaired) electrons. The summed E-state index contributed by atoms with van der Waals surface area (Å²) in [5.41, 5.74) is 3.95. The van der Waals surface area contributed by atoms with Crippen LogP contribution in [-0.4, -0.2) is 39.3 Å². The fraction of sp³-hybridized carbons (Fsp3) is 0.350. The molecule has 0 fully saturated rings. The number of amides is 1. The normalized spacial score (nSPS) is 15.0. The molecule has 0 spiro atoms. The predicted molar refractivity (Wildman–Crippen MR) is 96.7 cm³/mol. The number of benzene rings is 2. The number of nitrogens with zero attached hydrogens (tertiary/aromatic N) is 1. The van der Waals surface area contributed by atoms with E-state index >= 15 is 0 Å². The molecular formula is C20H24N2O2. The summed E-state index contributed by atoms with van der Waals surface area (Å²) in [7, 11) is 5.66. The van der Waals surface area contributed by atoms with Crippen LogP contribution < -0.4 is 10.2 Å². The molecule has 0 aromatic heterocycles. The third-order valence-corrected chi connectivity index (χ3v) is 4.77. The molecule has 0 atom stereocenters. The van der Waals surface area contributed by atoms with Gasteiger partial charge in [-0.05, 0) is 29.3 Å². The number of rotatable bonds is 5. The van der Waals surface area contributed by atoms with Crippen molar-refractivity contribution in [1.82, 2.24) is 5.32 Å². The van der Waals surface area contributed by atoms with Crippen LogP contribution >= 0.6 is 0 Å². The van der Waals surface area contributed by atoms with E-state index in [0.717, 1.165) is 18.5 Å². The zero-order valence-electron chi connectivity index (χ0n) is 14.5. The Labute approximate surface area is 143 Å². The van der Waals surface area contributed by atoms with Crippen LogP contribution in [-0.2, 0) is 17.6 Å². The number of hydrogen-bond acceptors (Lipinski definition) is 3. The molecule has 0 saturated heterocycles. The molecule has 2 aromatic carbocycles. The van der Waals surface area contributed by atoms with Crippen LogP contribution in [0.3, 0.4) is 0 Å². The molecule has 1 aliphatic carbocycles. The molecule has 2 aromatic rings. The van der Waals surface area contributed by atoms with Gasteiger partial charge in [0.1, 0.15) is 0 Å². The van der Waals surface area contributed by atoms with Gasteiger partial charge in [-0.15, -0.1) is 0 Å². The van der Waals surface area contributed by atoms with Crippen molar-refractivity contribution in [3.8, 4) is 0 Å². The largest absolute Gasteiger partial charge is 0.378 e. The summed E-state index contributed by atoms with van der Waals surface area (Å²) in [5.74, 6) is -0.0638. The van der Waals surface area contributed by atoms with Crippen molar-refractivity contribution in [3.63, 3.8) is 0 Å². The summed E-state index contributed by atoms with van der Waals surface area (Å²) >= 11 is 0. The number of anilines is 1. The summed E-state index contributed by atoms with van der Waals surface area (Å²) in [4.78, 5) is 14.5. The minimum atomic E-state index is -0.349. The Morgan fingerprint density at radius 3 is 2.38 bits per heavy atom. The highest BCUT2D eigenvalue weighted by Gasteiger charge is 2.37. The van der Waals surface area contributed by atoms with Gasteiger partial charge in [0, 0.05) is 51.8 Å². The summed E-state index contributed by atoms with van der Waals surface area (Å²) in [6.07, 6.45) is 1.66. The number of nitrogens with one attached hydrogen (secondary N) is 1. The van der Waals surface area contributed by atoms with E-state index in [2.05, 4.69) is 29.6 Å². The highest BCUT2D eigenvalue weighted by atomic mass is 16.5. The lowest BCUT2D eigenvalue weighted by Crippen LogP contribution is -2.45. The second kappa shape index (κ2) is 6.65. The summed E-state index contributed by atoms with van der Waals surface area (Å²) in [5, 5.41) is 3.05. The fourth-order valence-electron chi connectivity index (χ4n) is 3.27. The van der Waals surface area contributed by atoms with Crippen molar-refractivity contribution in [2.45, 2.75) is 18.4 Å². The van der Waals surface area contributed by atoms with Crippen LogP contribution in [0.15, 0.2) is 48.5 Å². The van der Waals surface area contributed by atoms with E-state index in [4.69, 9.17) is 4.74 Å². The summed E-state index contributed by atoms with van der Waals surface area (Å²) in [6.45, 7) is 0.503. The Kier molecular flexibility index (Phi) is 4.58. The van der Waals surface area contributed by atoms with Gasteiger partial charge in [-0.3, -0.25) is 4.79 Å². The second-order valence-electron chi connectivity index (χ2n) is 6.64. The molecule has 0 saturated carbocycles. The molecule has 0 unspecified atom stereocenters. The first-order valence-corrected chi connectivity index (χ1v) is 8.20. The van der Waals surface area contributed by atoms with E-state index in [1.165, 1.54) is 11.1 Å². The first-order chi connectivity index (χ1) is 11.5. The SMILES string of the molecule is COC1(CNC(=O)c2cccc(N(C)C)c2)Cc2ccccc2C1. The van der Waals surface area contributed by atoms with Crippen LogP contribution in [0, 0.1) is 0 Å². The van der Waals surface area contributed by atoms with Gasteiger partial charge in [-0.25, -0.2) is 0 Å². The molecule has 3 rings (SSSR count). The average Bonchev–Trinajstić information content (AvgIpc) is 2.99. The number of fused-ring (bicyclic) bond motifs is 1. The quantitative estimate of drug-likeness (QED) is 0.919. The number of carbonyl (C=O) groups is 1. The highest BCUT2D eigenvalue weighted by molar-refractivity contribution is 5.95. The number of ether oxygens (including phenoxy) is 1. The van der Waals surface area contributed by atoms with Crippen molar-refractivity contribution in [1.29, 1.82) is 0 Å². The van der Waals surface area contributed by atoms with Crippen molar-refractivity contribution in [2.75, 3.05) is 32.6 Å². The van der Waals surface area contributed by atoms with Gasteiger partial charge in [0.2, 0.25) is 0 Å². The van der Waals surface area contributed by atoms with Gasteiger partial charge < -0.3 is 15.0 Å².